The van der Waals surface area contributed by atoms with Crippen molar-refractivity contribution in [2.75, 3.05) is 13.1 Å². The average Bonchev–Trinajstić information content (AvgIpc) is 2.89. The van der Waals surface area contributed by atoms with Crippen molar-refractivity contribution in [2.45, 2.75) is 6.92 Å². The molecule has 0 unspecified atom stereocenters. The molecule has 0 fully saturated rings. The maximum atomic E-state index is 12.6. The Bertz CT molecular complexity index is 678. The van der Waals surface area contributed by atoms with Crippen molar-refractivity contribution in [1.82, 2.24) is 14.7 Å². The van der Waals surface area contributed by atoms with Gasteiger partial charge in [0.25, 0.3) is 5.91 Å². The van der Waals surface area contributed by atoms with Crippen LogP contribution in [-0.2, 0) is 0 Å². The summed E-state index contributed by atoms with van der Waals surface area (Å²) in [6.45, 7) is 10.2. The Labute approximate surface area is 138 Å². The summed E-state index contributed by atoms with van der Waals surface area (Å²) in [5.74, 6) is -0.0688. The van der Waals surface area contributed by atoms with Gasteiger partial charge in [-0.05, 0) is 31.2 Å². The molecule has 1 amide bonds. The van der Waals surface area contributed by atoms with Gasteiger partial charge in [-0.15, -0.1) is 13.2 Å². The standard InChI is InChI=1S/C17H18BrN3O/c1-4-10-20(11-5-2)17(22)16-12-19-21(13(16)3)15-8-6-14(18)7-9-15/h4-9,12H,1-2,10-11H2,3H3. The van der Waals surface area contributed by atoms with Gasteiger partial charge in [0.2, 0.25) is 0 Å². The molecule has 0 spiro atoms. The van der Waals surface area contributed by atoms with Crippen LogP contribution in [0.2, 0.25) is 0 Å². The molecule has 1 heterocycles. The van der Waals surface area contributed by atoms with Crippen LogP contribution in [0.4, 0.5) is 0 Å². The van der Waals surface area contributed by atoms with E-state index in [1.807, 2.05) is 31.2 Å². The molecule has 1 aromatic heterocycles. The molecule has 2 aromatic rings. The van der Waals surface area contributed by atoms with Gasteiger partial charge in [-0.1, -0.05) is 28.1 Å². The number of nitrogens with zero attached hydrogens (tertiary/aromatic N) is 3. The number of rotatable bonds is 6. The molecule has 0 N–H and O–H groups in total. The molecule has 4 nitrogen and oxygen atoms in total. The van der Waals surface area contributed by atoms with Crippen LogP contribution in [0, 0.1) is 6.92 Å². The van der Waals surface area contributed by atoms with Crippen LogP contribution in [-0.4, -0.2) is 33.7 Å². The van der Waals surface area contributed by atoms with Crippen molar-refractivity contribution in [3.63, 3.8) is 0 Å². The second kappa shape index (κ2) is 7.22. The number of hydrogen-bond acceptors (Lipinski definition) is 2. The van der Waals surface area contributed by atoms with Gasteiger partial charge in [0.05, 0.1) is 23.1 Å². The third-order valence-corrected chi connectivity index (χ3v) is 3.83. The Hall–Kier alpha value is -2.14. The van der Waals surface area contributed by atoms with Crippen LogP contribution in [0.25, 0.3) is 5.69 Å². The molecule has 1 aromatic carbocycles. The first-order valence-electron chi connectivity index (χ1n) is 6.90. The third-order valence-electron chi connectivity index (χ3n) is 3.30. The van der Waals surface area contributed by atoms with Gasteiger partial charge in [-0.25, -0.2) is 4.68 Å². The molecule has 0 saturated heterocycles. The fraction of sp³-hybridized carbons (Fsp3) is 0.176. The summed E-state index contributed by atoms with van der Waals surface area (Å²) in [7, 11) is 0. The highest BCUT2D eigenvalue weighted by atomic mass is 79.9. The van der Waals surface area contributed by atoms with Crippen molar-refractivity contribution >= 4 is 21.8 Å². The van der Waals surface area contributed by atoms with Gasteiger partial charge in [0, 0.05) is 17.6 Å². The summed E-state index contributed by atoms with van der Waals surface area (Å²) < 4.78 is 2.76. The van der Waals surface area contributed by atoms with E-state index < -0.39 is 0 Å². The highest BCUT2D eigenvalue weighted by molar-refractivity contribution is 9.10. The molecule has 0 radical (unpaired) electrons. The van der Waals surface area contributed by atoms with E-state index in [0.29, 0.717) is 18.7 Å². The van der Waals surface area contributed by atoms with Crippen LogP contribution >= 0.6 is 15.9 Å². The first kappa shape index (κ1) is 16.2. The van der Waals surface area contributed by atoms with Gasteiger partial charge in [-0.2, -0.15) is 5.10 Å². The maximum absolute atomic E-state index is 12.6. The lowest BCUT2D eigenvalue weighted by molar-refractivity contribution is 0.0790. The Kier molecular flexibility index (Phi) is 5.33. The van der Waals surface area contributed by atoms with E-state index in [0.717, 1.165) is 15.9 Å². The topological polar surface area (TPSA) is 38.1 Å². The maximum Gasteiger partial charge on any atom is 0.257 e. The van der Waals surface area contributed by atoms with E-state index in [1.54, 1.807) is 27.9 Å². The van der Waals surface area contributed by atoms with E-state index in [9.17, 15) is 4.79 Å². The lowest BCUT2D eigenvalue weighted by atomic mass is 10.2. The molecule has 114 valence electrons. The quantitative estimate of drug-likeness (QED) is 0.736. The Morgan fingerprint density at radius 3 is 2.41 bits per heavy atom. The molecule has 0 aliphatic rings. The summed E-state index contributed by atoms with van der Waals surface area (Å²) in [5.41, 5.74) is 2.32. The summed E-state index contributed by atoms with van der Waals surface area (Å²) in [5, 5.41) is 4.34. The first-order valence-corrected chi connectivity index (χ1v) is 7.69. The minimum absolute atomic E-state index is 0.0688. The molecule has 0 atom stereocenters. The normalized spacial score (nSPS) is 10.3. The number of carbonyl (C=O) groups excluding carboxylic acids is 1. The van der Waals surface area contributed by atoms with Crippen LogP contribution < -0.4 is 0 Å². The molecule has 0 aliphatic heterocycles. The fourth-order valence-corrected chi connectivity index (χ4v) is 2.45. The summed E-state index contributed by atoms with van der Waals surface area (Å²) in [6.07, 6.45) is 5.02. The predicted molar refractivity (Wildman–Crippen MR) is 92.3 cm³/mol. The minimum atomic E-state index is -0.0688. The minimum Gasteiger partial charge on any atom is -0.331 e. The van der Waals surface area contributed by atoms with Gasteiger partial charge >= 0.3 is 0 Å². The fourth-order valence-electron chi connectivity index (χ4n) is 2.18. The van der Waals surface area contributed by atoms with Crippen molar-refractivity contribution in [3.05, 3.63) is 71.5 Å². The molecule has 5 heteroatoms. The zero-order chi connectivity index (χ0) is 16.1. The Morgan fingerprint density at radius 1 is 1.27 bits per heavy atom. The van der Waals surface area contributed by atoms with Crippen molar-refractivity contribution < 1.29 is 4.79 Å². The highest BCUT2D eigenvalue weighted by Gasteiger charge is 2.19. The second-order valence-corrected chi connectivity index (χ2v) is 5.74. The van der Waals surface area contributed by atoms with Crippen LogP contribution in [0.1, 0.15) is 16.1 Å². The van der Waals surface area contributed by atoms with Gasteiger partial charge in [0.1, 0.15) is 0 Å². The predicted octanol–water partition coefficient (Wildman–Crippen LogP) is 3.76. The number of amides is 1. The van der Waals surface area contributed by atoms with Gasteiger partial charge in [-0.3, -0.25) is 4.79 Å². The zero-order valence-corrected chi connectivity index (χ0v) is 14.1. The average molecular weight is 360 g/mol. The van der Waals surface area contributed by atoms with Gasteiger partial charge < -0.3 is 4.90 Å². The number of halogens is 1. The summed E-state index contributed by atoms with van der Waals surface area (Å²) >= 11 is 3.41. The second-order valence-electron chi connectivity index (χ2n) is 4.82. The molecular weight excluding hydrogens is 342 g/mol. The molecular formula is C17H18BrN3O. The molecule has 0 bridgehead atoms. The highest BCUT2D eigenvalue weighted by Crippen LogP contribution is 2.18. The van der Waals surface area contributed by atoms with E-state index in [2.05, 4.69) is 34.2 Å². The Balaban J connectivity index is 2.33. The van der Waals surface area contributed by atoms with Crippen LogP contribution in [0.3, 0.4) is 0 Å². The van der Waals surface area contributed by atoms with Crippen LogP contribution in [0.5, 0.6) is 0 Å². The summed E-state index contributed by atoms with van der Waals surface area (Å²) in [4.78, 5) is 14.3. The van der Waals surface area contributed by atoms with E-state index >= 15 is 0 Å². The SMILES string of the molecule is C=CCN(CC=C)C(=O)c1cnn(-c2ccc(Br)cc2)c1C. The first-order chi connectivity index (χ1) is 10.6. The monoisotopic (exact) mass is 359 g/mol. The van der Waals surface area contributed by atoms with E-state index in [4.69, 9.17) is 0 Å². The van der Waals surface area contributed by atoms with Crippen LogP contribution in [0.15, 0.2) is 60.2 Å². The number of benzene rings is 1. The molecule has 2 rings (SSSR count). The number of hydrogen-bond donors (Lipinski definition) is 0. The molecule has 22 heavy (non-hydrogen) atoms. The van der Waals surface area contributed by atoms with E-state index in [1.165, 1.54) is 0 Å². The molecule has 0 saturated carbocycles. The van der Waals surface area contributed by atoms with Crippen molar-refractivity contribution in [1.29, 1.82) is 0 Å². The lowest BCUT2D eigenvalue weighted by Crippen LogP contribution is -2.31. The van der Waals surface area contributed by atoms with Crippen molar-refractivity contribution in [3.8, 4) is 5.69 Å². The van der Waals surface area contributed by atoms with Gasteiger partial charge in [0.15, 0.2) is 0 Å². The summed E-state index contributed by atoms with van der Waals surface area (Å²) in [6, 6.07) is 7.78. The van der Waals surface area contributed by atoms with Crippen molar-refractivity contribution in [2.24, 2.45) is 0 Å². The molecule has 0 aliphatic carbocycles. The number of carbonyl (C=O) groups is 1. The largest absolute Gasteiger partial charge is 0.331 e. The Morgan fingerprint density at radius 2 is 1.86 bits per heavy atom. The third kappa shape index (κ3) is 3.36. The smallest absolute Gasteiger partial charge is 0.257 e. The van der Waals surface area contributed by atoms with E-state index in [-0.39, 0.29) is 5.91 Å². The zero-order valence-electron chi connectivity index (χ0n) is 12.5. The number of aromatic nitrogens is 2. The lowest BCUT2D eigenvalue weighted by Gasteiger charge is -2.19.